The van der Waals surface area contributed by atoms with Crippen molar-refractivity contribution < 1.29 is 4.74 Å². The van der Waals surface area contributed by atoms with Gasteiger partial charge in [-0.3, -0.25) is 0 Å². The third kappa shape index (κ3) is 3.07. The average Bonchev–Trinajstić information content (AvgIpc) is 2.49. The average molecular weight is 273 g/mol. The summed E-state index contributed by atoms with van der Waals surface area (Å²) in [6, 6.07) is 9.64. The molecule has 110 valence electrons. The van der Waals surface area contributed by atoms with Crippen LogP contribution in [0, 0.1) is 5.92 Å². The molecule has 2 atom stereocenters. The van der Waals surface area contributed by atoms with E-state index in [0.29, 0.717) is 6.04 Å². The molecule has 0 saturated carbocycles. The first kappa shape index (κ1) is 14.1. The molecule has 1 N–H and O–H groups in total. The summed E-state index contributed by atoms with van der Waals surface area (Å²) in [5, 5.41) is 3.81. The lowest BCUT2D eigenvalue weighted by atomic mass is 9.72. The van der Waals surface area contributed by atoms with E-state index in [0.717, 1.165) is 31.6 Å². The van der Waals surface area contributed by atoms with Gasteiger partial charge in [0.2, 0.25) is 0 Å². The van der Waals surface area contributed by atoms with Crippen LogP contribution in [0.1, 0.15) is 49.7 Å². The minimum absolute atomic E-state index is 0.678. The Morgan fingerprint density at radius 3 is 2.80 bits per heavy atom. The molecule has 1 aromatic carbocycles. The molecule has 1 aliphatic heterocycles. The van der Waals surface area contributed by atoms with Crippen LogP contribution >= 0.6 is 0 Å². The number of rotatable bonds is 6. The Labute approximate surface area is 122 Å². The van der Waals surface area contributed by atoms with E-state index in [4.69, 9.17) is 4.74 Å². The van der Waals surface area contributed by atoms with Crippen LogP contribution in [-0.4, -0.2) is 25.8 Å². The first-order valence-corrected chi connectivity index (χ1v) is 8.27. The summed E-state index contributed by atoms with van der Waals surface area (Å²) in [6.45, 7) is 5.32. The molecule has 1 fully saturated rings. The Kier molecular flexibility index (Phi) is 4.74. The van der Waals surface area contributed by atoms with Gasteiger partial charge in [-0.15, -0.1) is 0 Å². The lowest BCUT2D eigenvalue weighted by Gasteiger charge is -2.37. The molecule has 0 radical (unpaired) electrons. The highest BCUT2D eigenvalue weighted by Crippen LogP contribution is 2.39. The van der Waals surface area contributed by atoms with Crippen LogP contribution in [0.4, 0.5) is 0 Å². The fourth-order valence-corrected chi connectivity index (χ4v) is 3.77. The summed E-state index contributed by atoms with van der Waals surface area (Å²) in [5.74, 6) is 1.59. The van der Waals surface area contributed by atoms with E-state index in [1.165, 1.54) is 32.1 Å². The highest BCUT2D eigenvalue weighted by atomic mass is 16.5. The SMILES string of the molecule is CCCNC(CC1Cc2ccccc21)C1CCOCC1. The summed E-state index contributed by atoms with van der Waals surface area (Å²) in [5.41, 5.74) is 3.17. The molecule has 2 nitrogen and oxygen atoms in total. The van der Waals surface area contributed by atoms with Crippen molar-refractivity contribution in [3.8, 4) is 0 Å². The number of benzene rings is 1. The number of ether oxygens (including phenoxy) is 1. The zero-order chi connectivity index (χ0) is 13.8. The van der Waals surface area contributed by atoms with Crippen LogP contribution in [-0.2, 0) is 11.2 Å². The van der Waals surface area contributed by atoms with Gasteiger partial charge >= 0.3 is 0 Å². The molecule has 1 heterocycles. The molecule has 1 aromatic rings. The quantitative estimate of drug-likeness (QED) is 0.856. The molecule has 20 heavy (non-hydrogen) atoms. The molecule has 1 aliphatic carbocycles. The van der Waals surface area contributed by atoms with E-state index < -0.39 is 0 Å². The van der Waals surface area contributed by atoms with Crippen molar-refractivity contribution in [2.24, 2.45) is 5.92 Å². The first-order chi connectivity index (χ1) is 9.88. The van der Waals surface area contributed by atoms with E-state index in [2.05, 4.69) is 36.5 Å². The molecular weight excluding hydrogens is 246 g/mol. The van der Waals surface area contributed by atoms with Gasteiger partial charge in [0.05, 0.1) is 0 Å². The third-order valence-corrected chi connectivity index (χ3v) is 4.99. The molecule has 0 spiro atoms. The van der Waals surface area contributed by atoms with E-state index in [1.54, 1.807) is 11.1 Å². The summed E-state index contributed by atoms with van der Waals surface area (Å²) < 4.78 is 5.53. The smallest absolute Gasteiger partial charge is 0.0469 e. The maximum absolute atomic E-state index is 5.53. The molecule has 1 saturated heterocycles. The lowest BCUT2D eigenvalue weighted by Crippen LogP contribution is -2.41. The highest BCUT2D eigenvalue weighted by molar-refractivity contribution is 5.39. The van der Waals surface area contributed by atoms with Gasteiger partial charge < -0.3 is 10.1 Å². The van der Waals surface area contributed by atoms with E-state index in [1.807, 2.05) is 0 Å². The molecule has 0 aromatic heterocycles. The van der Waals surface area contributed by atoms with Crippen molar-refractivity contribution in [1.82, 2.24) is 5.32 Å². The van der Waals surface area contributed by atoms with Crippen molar-refractivity contribution >= 4 is 0 Å². The fraction of sp³-hybridized carbons (Fsp3) is 0.667. The molecule has 0 amide bonds. The van der Waals surface area contributed by atoms with Gasteiger partial charge in [-0.25, -0.2) is 0 Å². The number of nitrogens with one attached hydrogen (secondary N) is 1. The van der Waals surface area contributed by atoms with Crippen LogP contribution < -0.4 is 5.32 Å². The maximum atomic E-state index is 5.53. The Hall–Kier alpha value is -0.860. The van der Waals surface area contributed by atoms with Gasteiger partial charge in [-0.1, -0.05) is 31.2 Å². The zero-order valence-electron chi connectivity index (χ0n) is 12.6. The molecule has 3 rings (SSSR count). The van der Waals surface area contributed by atoms with Gasteiger partial charge in [0.15, 0.2) is 0 Å². The second-order valence-corrected chi connectivity index (χ2v) is 6.35. The monoisotopic (exact) mass is 273 g/mol. The number of fused-ring (bicyclic) bond motifs is 1. The molecule has 0 bridgehead atoms. The van der Waals surface area contributed by atoms with Crippen LogP contribution in [0.5, 0.6) is 0 Å². The molecule has 2 unspecified atom stereocenters. The summed E-state index contributed by atoms with van der Waals surface area (Å²) in [7, 11) is 0. The van der Waals surface area contributed by atoms with Gasteiger partial charge in [-0.05, 0) is 61.6 Å². The summed E-state index contributed by atoms with van der Waals surface area (Å²) >= 11 is 0. The topological polar surface area (TPSA) is 21.3 Å². The normalized spacial score (nSPS) is 23.9. The van der Waals surface area contributed by atoms with Crippen molar-refractivity contribution in [3.63, 3.8) is 0 Å². The Morgan fingerprint density at radius 1 is 1.25 bits per heavy atom. The van der Waals surface area contributed by atoms with Gasteiger partial charge in [0.25, 0.3) is 0 Å². The van der Waals surface area contributed by atoms with Crippen molar-refractivity contribution in [3.05, 3.63) is 35.4 Å². The largest absolute Gasteiger partial charge is 0.381 e. The van der Waals surface area contributed by atoms with Gasteiger partial charge in [0.1, 0.15) is 0 Å². The highest BCUT2D eigenvalue weighted by Gasteiger charge is 2.31. The maximum Gasteiger partial charge on any atom is 0.0469 e. The standard InChI is InChI=1S/C18H27NO/c1-2-9-19-18(14-7-10-20-11-8-14)13-16-12-15-5-3-4-6-17(15)16/h3-6,14,16,18-19H,2,7-13H2,1H3. The lowest BCUT2D eigenvalue weighted by molar-refractivity contribution is 0.0512. The molecule has 2 aliphatic rings. The summed E-state index contributed by atoms with van der Waals surface area (Å²) in [4.78, 5) is 0. The summed E-state index contributed by atoms with van der Waals surface area (Å²) in [6.07, 6.45) is 6.28. The number of hydrogen-bond donors (Lipinski definition) is 1. The van der Waals surface area contributed by atoms with Crippen LogP contribution in [0.2, 0.25) is 0 Å². The van der Waals surface area contributed by atoms with Crippen molar-refractivity contribution in [2.75, 3.05) is 19.8 Å². The predicted octanol–water partition coefficient (Wildman–Crippen LogP) is 3.51. The van der Waals surface area contributed by atoms with E-state index in [9.17, 15) is 0 Å². The van der Waals surface area contributed by atoms with Gasteiger partial charge in [-0.2, -0.15) is 0 Å². The van der Waals surface area contributed by atoms with Crippen molar-refractivity contribution in [1.29, 1.82) is 0 Å². The number of hydrogen-bond acceptors (Lipinski definition) is 2. The van der Waals surface area contributed by atoms with Crippen LogP contribution in [0.25, 0.3) is 0 Å². The Morgan fingerprint density at radius 2 is 2.05 bits per heavy atom. The molecular formula is C18H27NO. The van der Waals surface area contributed by atoms with Crippen molar-refractivity contribution in [2.45, 2.75) is 51.0 Å². The minimum atomic E-state index is 0.678. The third-order valence-electron chi connectivity index (χ3n) is 4.99. The van der Waals surface area contributed by atoms with Crippen LogP contribution in [0.3, 0.4) is 0 Å². The van der Waals surface area contributed by atoms with Crippen LogP contribution in [0.15, 0.2) is 24.3 Å². The van der Waals surface area contributed by atoms with E-state index in [-0.39, 0.29) is 0 Å². The Balaban J connectivity index is 1.61. The second kappa shape index (κ2) is 6.73. The predicted molar refractivity (Wildman–Crippen MR) is 83.1 cm³/mol. The Bertz CT molecular complexity index is 425. The zero-order valence-corrected chi connectivity index (χ0v) is 12.6. The van der Waals surface area contributed by atoms with E-state index >= 15 is 0 Å². The second-order valence-electron chi connectivity index (χ2n) is 6.35. The first-order valence-electron chi connectivity index (χ1n) is 8.27. The fourth-order valence-electron chi connectivity index (χ4n) is 3.77. The van der Waals surface area contributed by atoms with Gasteiger partial charge in [0, 0.05) is 19.3 Å². The minimum Gasteiger partial charge on any atom is -0.381 e. The molecule has 2 heteroatoms.